The Morgan fingerprint density at radius 2 is 1.73 bits per heavy atom. The quantitative estimate of drug-likeness (QED) is 0.697. The SMILES string of the molecule is C=CC(=O)N1CCC(C(=O)N2CCN(C3=NCC(C)S3)CC2)(c2ccccc2)CC1. The minimum Gasteiger partial charge on any atom is -0.348 e. The van der Waals surface area contributed by atoms with Crippen LogP contribution in [0.15, 0.2) is 48.0 Å². The van der Waals surface area contributed by atoms with Gasteiger partial charge >= 0.3 is 0 Å². The van der Waals surface area contributed by atoms with Crippen molar-refractivity contribution in [3.63, 3.8) is 0 Å². The fraction of sp³-hybridized carbons (Fsp3) is 0.522. The van der Waals surface area contributed by atoms with Crippen molar-refractivity contribution in [2.24, 2.45) is 4.99 Å². The molecule has 1 unspecified atom stereocenters. The first-order chi connectivity index (χ1) is 14.5. The van der Waals surface area contributed by atoms with Crippen LogP contribution in [0.4, 0.5) is 0 Å². The van der Waals surface area contributed by atoms with Gasteiger partial charge < -0.3 is 14.7 Å². The van der Waals surface area contributed by atoms with E-state index in [1.807, 2.05) is 34.9 Å². The van der Waals surface area contributed by atoms with E-state index in [1.54, 1.807) is 4.90 Å². The Kier molecular flexibility index (Phi) is 6.18. The summed E-state index contributed by atoms with van der Waals surface area (Å²) in [6, 6.07) is 10.1. The van der Waals surface area contributed by atoms with Gasteiger partial charge in [-0.15, -0.1) is 0 Å². The van der Waals surface area contributed by atoms with E-state index in [1.165, 1.54) is 6.08 Å². The summed E-state index contributed by atoms with van der Waals surface area (Å²) in [5, 5.41) is 1.67. The highest BCUT2D eigenvalue weighted by Crippen LogP contribution is 2.38. The Morgan fingerprint density at radius 3 is 2.30 bits per heavy atom. The lowest BCUT2D eigenvalue weighted by Gasteiger charge is -2.45. The molecule has 1 aromatic rings. The summed E-state index contributed by atoms with van der Waals surface area (Å²) in [5.41, 5.74) is 0.503. The second kappa shape index (κ2) is 8.84. The maximum absolute atomic E-state index is 13.8. The maximum Gasteiger partial charge on any atom is 0.245 e. The number of hydrogen-bond acceptors (Lipinski definition) is 5. The maximum atomic E-state index is 13.8. The van der Waals surface area contributed by atoms with E-state index in [-0.39, 0.29) is 11.8 Å². The van der Waals surface area contributed by atoms with E-state index in [0.717, 1.165) is 43.5 Å². The van der Waals surface area contributed by atoms with Crippen molar-refractivity contribution in [2.75, 3.05) is 45.8 Å². The Balaban J connectivity index is 1.49. The molecule has 3 heterocycles. The molecule has 3 aliphatic heterocycles. The van der Waals surface area contributed by atoms with E-state index in [0.29, 0.717) is 31.2 Å². The highest BCUT2D eigenvalue weighted by atomic mass is 32.2. The number of likely N-dealkylation sites (tertiary alicyclic amines) is 1. The third-order valence-electron chi connectivity index (χ3n) is 6.47. The summed E-state index contributed by atoms with van der Waals surface area (Å²) in [5.74, 6) is 0.148. The van der Waals surface area contributed by atoms with Crippen LogP contribution in [0, 0.1) is 0 Å². The molecule has 0 spiro atoms. The van der Waals surface area contributed by atoms with E-state index in [4.69, 9.17) is 0 Å². The smallest absolute Gasteiger partial charge is 0.245 e. The number of rotatable bonds is 3. The van der Waals surface area contributed by atoms with Crippen LogP contribution >= 0.6 is 11.8 Å². The largest absolute Gasteiger partial charge is 0.348 e. The van der Waals surface area contributed by atoms with Gasteiger partial charge in [-0.05, 0) is 24.5 Å². The molecule has 2 saturated heterocycles. The molecule has 6 nitrogen and oxygen atoms in total. The highest BCUT2D eigenvalue weighted by Gasteiger charge is 2.46. The number of hydrogen-bond donors (Lipinski definition) is 0. The first-order valence-electron chi connectivity index (χ1n) is 10.8. The van der Waals surface area contributed by atoms with Gasteiger partial charge in [0.2, 0.25) is 11.8 Å². The number of aliphatic imine (C=N–C) groups is 1. The van der Waals surface area contributed by atoms with Gasteiger partial charge in [0, 0.05) is 44.5 Å². The van der Waals surface area contributed by atoms with Crippen molar-refractivity contribution in [1.82, 2.24) is 14.7 Å². The van der Waals surface area contributed by atoms with Gasteiger partial charge in [0.25, 0.3) is 0 Å². The second-order valence-corrected chi connectivity index (χ2v) is 9.71. The summed E-state index contributed by atoms with van der Waals surface area (Å²) in [7, 11) is 0. The number of carbonyl (C=O) groups excluding carboxylic acids is 2. The van der Waals surface area contributed by atoms with Gasteiger partial charge in [0.05, 0.1) is 12.0 Å². The van der Waals surface area contributed by atoms with Crippen LogP contribution in [-0.2, 0) is 15.0 Å². The van der Waals surface area contributed by atoms with E-state index >= 15 is 0 Å². The molecule has 0 saturated carbocycles. The number of nitrogens with zero attached hydrogens (tertiary/aromatic N) is 4. The minimum absolute atomic E-state index is 0.0539. The number of piperidine rings is 1. The molecule has 2 amide bonds. The summed E-state index contributed by atoms with van der Waals surface area (Å²) in [6.45, 7) is 10.9. The van der Waals surface area contributed by atoms with Gasteiger partial charge in [-0.3, -0.25) is 14.6 Å². The van der Waals surface area contributed by atoms with Gasteiger partial charge in [0.15, 0.2) is 5.17 Å². The van der Waals surface area contributed by atoms with E-state index in [2.05, 4.69) is 35.5 Å². The molecule has 160 valence electrons. The molecule has 3 aliphatic rings. The second-order valence-electron chi connectivity index (χ2n) is 8.31. The van der Waals surface area contributed by atoms with E-state index < -0.39 is 5.41 Å². The summed E-state index contributed by atoms with van der Waals surface area (Å²) >= 11 is 1.84. The zero-order chi connectivity index (χ0) is 21.1. The third kappa shape index (κ3) is 4.00. The molecule has 0 aliphatic carbocycles. The molecule has 0 N–H and O–H groups in total. The molecule has 0 radical (unpaired) electrons. The minimum atomic E-state index is -0.560. The molecule has 30 heavy (non-hydrogen) atoms. The van der Waals surface area contributed by atoms with Crippen LogP contribution in [0.1, 0.15) is 25.3 Å². The van der Waals surface area contributed by atoms with Gasteiger partial charge in [-0.1, -0.05) is 55.6 Å². The summed E-state index contributed by atoms with van der Waals surface area (Å²) < 4.78 is 0. The van der Waals surface area contributed by atoms with Crippen LogP contribution in [0.2, 0.25) is 0 Å². The van der Waals surface area contributed by atoms with Gasteiger partial charge in [-0.25, -0.2) is 0 Å². The number of amidine groups is 1. The van der Waals surface area contributed by atoms with Crippen molar-refractivity contribution in [1.29, 1.82) is 0 Å². The molecule has 0 aromatic heterocycles. The number of thioether (sulfide) groups is 1. The Labute approximate surface area is 183 Å². The molecule has 1 atom stereocenters. The molecule has 2 fully saturated rings. The average molecular weight is 427 g/mol. The number of benzene rings is 1. The van der Waals surface area contributed by atoms with Crippen LogP contribution in [-0.4, -0.2) is 82.7 Å². The number of piperazine rings is 1. The predicted molar refractivity (Wildman–Crippen MR) is 122 cm³/mol. The predicted octanol–water partition coefficient (Wildman–Crippen LogP) is 2.37. The number of amides is 2. The fourth-order valence-electron chi connectivity index (χ4n) is 4.66. The molecular weight excluding hydrogens is 396 g/mol. The Bertz CT molecular complexity index is 825. The first-order valence-corrected chi connectivity index (χ1v) is 11.6. The molecule has 4 rings (SSSR count). The van der Waals surface area contributed by atoms with E-state index in [9.17, 15) is 9.59 Å². The fourth-order valence-corrected chi connectivity index (χ4v) is 5.65. The van der Waals surface area contributed by atoms with Crippen LogP contribution in [0.3, 0.4) is 0 Å². The van der Waals surface area contributed by atoms with Gasteiger partial charge in [0.1, 0.15) is 0 Å². The first kappa shape index (κ1) is 21.0. The zero-order valence-electron chi connectivity index (χ0n) is 17.6. The highest BCUT2D eigenvalue weighted by molar-refractivity contribution is 8.14. The van der Waals surface area contributed by atoms with Crippen molar-refractivity contribution >= 4 is 28.7 Å². The van der Waals surface area contributed by atoms with Crippen molar-refractivity contribution in [2.45, 2.75) is 30.4 Å². The monoisotopic (exact) mass is 426 g/mol. The average Bonchev–Trinajstić information content (AvgIpc) is 3.25. The number of carbonyl (C=O) groups is 2. The lowest BCUT2D eigenvalue weighted by atomic mass is 9.71. The molecule has 1 aromatic carbocycles. The molecular formula is C23H30N4O2S. The standard InChI is InChI=1S/C23H30N4O2S/c1-3-20(28)25-11-9-23(10-12-25,19-7-5-4-6-8-19)21(29)26-13-15-27(16-14-26)22-24-17-18(2)30-22/h3-8,18H,1,9-17H2,2H3. The van der Waals surface area contributed by atoms with Crippen molar-refractivity contribution in [3.05, 3.63) is 48.6 Å². The van der Waals surface area contributed by atoms with Crippen LogP contribution in [0.5, 0.6) is 0 Å². The topological polar surface area (TPSA) is 56.2 Å². The normalized spacial score (nSPS) is 23.8. The third-order valence-corrected chi connectivity index (χ3v) is 7.62. The molecule has 0 bridgehead atoms. The van der Waals surface area contributed by atoms with Gasteiger partial charge in [-0.2, -0.15) is 0 Å². The summed E-state index contributed by atoms with van der Waals surface area (Å²) in [4.78, 5) is 36.7. The molecule has 7 heteroatoms. The van der Waals surface area contributed by atoms with Crippen LogP contribution < -0.4 is 0 Å². The summed E-state index contributed by atoms with van der Waals surface area (Å²) in [6.07, 6.45) is 2.66. The zero-order valence-corrected chi connectivity index (χ0v) is 18.4. The Hall–Kier alpha value is -2.28. The van der Waals surface area contributed by atoms with Crippen molar-refractivity contribution < 1.29 is 9.59 Å². The lowest BCUT2D eigenvalue weighted by Crippen LogP contribution is -2.58. The van der Waals surface area contributed by atoms with Crippen LogP contribution in [0.25, 0.3) is 0 Å². The van der Waals surface area contributed by atoms with Crippen molar-refractivity contribution in [3.8, 4) is 0 Å². The lowest BCUT2D eigenvalue weighted by molar-refractivity contribution is -0.143. The Morgan fingerprint density at radius 1 is 1.07 bits per heavy atom.